The summed E-state index contributed by atoms with van der Waals surface area (Å²) < 4.78 is 0. The van der Waals surface area contributed by atoms with E-state index in [0.29, 0.717) is 0 Å². The van der Waals surface area contributed by atoms with E-state index in [1.807, 2.05) is 0 Å². The Morgan fingerprint density at radius 2 is 1.00 bits per heavy atom. The van der Waals surface area contributed by atoms with Crippen LogP contribution in [0.4, 0.5) is 0 Å². The summed E-state index contributed by atoms with van der Waals surface area (Å²) >= 11 is 4.24. The fraction of sp³-hybridized carbons (Fsp3) is 0. The van der Waals surface area contributed by atoms with E-state index >= 15 is 0 Å². The van der Waals surface area contributed by atoms with Gasteiger partial charge in [-0.05, 0) is 0 Å². The molecule has 0 amide bonds. The third kappa shape index (κ3) is 9.27. The minimum absolute atomic E-state index is 0. The van der Waals surface area contributed by atoms with E-state index in [-0.39, 0.29) is 75.4 Å². The molecular weight excluding hydrogens is 420 g/mol. The molecule has 4 heteroatoms. The van der Waals surface area contributed by atoms with Gasteiger partial charge in [0.05, 0.1) is 0 Å². The van der Waals surface area contributed by atoms with Crippen molar-refractivity contribution in [3.8, 4) is 0 Å². The van der Waals surface area contributed by atoms with Gasteiger partial charge in [-0.3, -0.25) is 0 Å². The molecule has 1 radical (unpaired) electrons. The Balaban J connectivity index is -0.00000000500. The molecule has 0 rings (SSSR count). The van der Waals surface area contributed by atoms with Crippen LogP contribution in [0.2, 0.25) is 0 Å². The second kappa shape index (κ2) is 15.8. The van der Waals surface area contributed by atoms with Crippen LogP contribution in [0.3, 0.4) is 0 Å². The molecule has 0 aliphatic rings. The maximum absolute atomic E-state index is 2.12. The van der Waals surface area contributed by atoms with Crippen LogP contribution in [-0.4, -0.2) is 51.4 Å². The minimum Gasteiger partial charge on any atom is -0.107 e. The van der Waals surface area contributed by atoms with Gasteiger partial charge in [-0.1, -0.05) is 0 Å². The van der Waals surface area contributed by atoms with Crippen molar-refractivity contribution in [3.05, 3.63) is 0 Å². The third-order valence-electron chi connectivity index (χ3n) is 0. The molecule has 0 heterocycles. The predicted molar refractivity (Wildman–Crippen MR) is 49.2 cm³/mol. The van der Waals surface area contributed by atoms with Crippen molar-refractivity contribution in [2.45, 2.75) is 0 Å². The van der Waals surface area contributed by atoms with Crippen molar-refractivity contribution in [2.24, 2.45) is 0 Å². The van der Waals surface area contributed by atoms with Crippen molar-refractivity contribution in [2.75, 3.05) is 0 Å². The van der Waals surface area contributed by atoms with Crippen LogP contribution in [-0.2, 0) is 0 Å². The van der Waals surface area contributed by atoms with Crippen LogP contribution in [0.15, 0.2) is 0 Å². The van der Waals surface area contributed by atoms with Gasteiger partial charge in [-0.15, -0.1) is 24.0 Å². The molecule has 0 atom stereocenters. The molecule has 0 nitrogen and oxygen atoms in total. The largest absolute Gasteiger partial charge is 0.107 e. The standard InChI is InChI=1S/I2.HI.K/c1-2;;/h;1H;. The van der Waals surface area contributed by atoms with E-state index in [0.717, 1.165) is 0 Å². The molecule has 0 unspecified atom stereocenters. The van der Waals surface area contributed by atoms with Gasteiger partial charge >= 0.3 is 0 Å². The molecule has 23 valence electrons. The summed E-state index contributed by atoms with van der Waals surface area (Å²) in [4.78, 5) is 0. The van der Waals surface area contributed by atoms with Crippen LogP contribution >= 0.6 is 61.2 Å². The Bertz CT molecular complexity index is 3.25. The van der Waals surface area contributed by atoms with Crippen LogP contribution in [0.25, 0.3) is 0 Å². The molecule has 0 aromatic rings. The second-order valence-electron chi connectivity index (χ2n) is 0. The van der Waals surface area contributed by atoms with E-state index < -0.39 is 0 Å². The smallest absolute Gasteiger partial charge is 0 e. The number of hydrogen-bond acceptors (Lipinski definition) is 0. The Hall–Kier alpha value is 3.83. The molecule has 0 N–H and O–H groups in total. The van der Waals surface area contributed by atoms with Gasteiger partial charge < -0.3 is 0 Å². The SMILES string of the molecule is I.II.[K]. The van der Waals surface area contributed by atoms with Crippen LogP contribution in [0.5, 0.6) is 0 Å². The first-order valence-corrected chi connectivity index (χ1v) is 6.43. The van der Waals surface area contributed by atoms with E-state index in [1.165, 1.54) is 0 Å². The normalized spacial score (nSPS) is 1.50. The number of halogens is 3. The average Bonchev–Trinajstić information content (AvgIpc) is 1.00. The number of hydrogen-bond donors (Lipinski definition) is 0. The van der Waals surface area contributed by atoms with Crippen LogP contribution in [0, 0.1) is 0 Å². The maximum atomic E-state index is 2.12. The van der Waals surface area contributed by atoms with E-state index in [4.69, 9.17) is 0 Å². The van der Waals surface area contributed by atoms with E-state index in [9.17, 15) is 0 Å². The molecule has 0 fully saturated rings. The first kappa shape index (κ1) is 15.7. The summed E-state index contributed by atoms with van der Waals surface area (Å²) in [6.45, 7) is 0. The number of rotatable bonds is 0. The monoisotopic (exact) mass is 421 g/mol. The molecule has 0 aromatic carbocycles. The molecular formula is HI3K. The van der Waals surface area contributed by atoms with Crippen LogP contribution in [0.1, 0.15) is 0 Å². The Morgan fingerprint density at radius 3 is 1.00 bits per heavy atom. The quantitative estimate of drug-likeness (QED) is 0.415. The molecule has 0 aliphatic carbocycles. The zero-order valence-corrected chi connectivity index (χ0v) is 11.9. The Kier molecular flexibility index (Phi) is 62.0. The first-order valence-electron chi connectivity index (χ1n) is 0.143. The van der Waals surface area contributed by atoms with E-state index in [2.05, 4.69) is 37.2 Å². The molecule has 4 heavy (non-hydrogen) atoms. The zero-order valence-electron chi connectivity index (χ0n) is 2.16. The molecule has 0 aliphatic heterocycles. The van der Waals surface area contributed by atoms with Gasteiger partial charge in [0.15, 0.2) is 0 Å². The minimum atomic E-state index is 0. The first-order chi connectivity index (χ1) is 1.00. The average molecular weight is 421 g/mol. The van der Waals surface area contributed by atoms with Crippen molar-refractivity contribution in [3.63, 3.8) is 0 Å². The van der Waals surface area contributed by atoms with Gasteiger partial charge in [0.2, 0.25) is 0 Å². The topological polar surface area (TPSA) is 0 Å². The van der Waals surface area contributed by atoms with Gasteiger partial charge in [0, 0.05) is 88.6 Å². The van der Waals surface area contributed by atoms with Gasteiger partial charge in [-0.25, -0.2) is 0 Å². The predicted octanol–water partition coefficient (Wildman–Crippen LogP) is 2.01. The van der Waals surface area contributed by atoms with Gasteiger partial charge in [0.1, 0.15) is 0 Å². The molecule has 0 aromatic heterocycles. The summed E-state index contributed by atoms with van der Waals surface area (Å²) in [5.74, 6) is 0. The maximum Gasteiger partial charge on any atom is 0 e. The molecule has 0 spiro atoms. The zero-order chi connectivity index (χ0) is 2.00. The Labute approximate surface area is 109 Å². The van der Waals surface area contributed by atoms with Gasteiger partial charge in [-0.2, -0.15) is 0 Å². The van der Waals surface area contributed by atoms with Gasteiger partial charge in [0.25, 0.3) is 0 Å². The van der Waals surface area contributed by atoms with Crippen molar-refractivity contribution >= 4 is 113 Å². The fourth-order valence-corrected chi connectivity index (χ4v) is 0. The van der Waals surface area contributed by atoms with Crippen molar-refractivity contribution < 1.29 is 0 Å². The fourth-order valence-electron chi connectivity index (χ4n) is 0. The van der Waals surface area contributed by atoms with Crippen molar-refractivity contribution in [1.29, 1.82) is 0 Å². The summed E-state index contributed by atoms with van der Waals surface area (Å²) in [6.07, 6.45) is 0. The molecule has 0 saturated heterocycles. The summed E-state index contributed by atoms with van der Waals surface area (Å²) in [6, 6.07) is 0. The van der Waals surface area contributed by atoms with E-state index in [1.54, 1.807) is 0 Å². The second-order valence-corrected chi connectivity index (χ2v) is 0. The summed E-state index contributed by atoms with van der Waals surface area (Å²) in [5.41, 5.74) is 0. The molecule has 0 saturated carbocycles. The Morgan fingerprint density at radius 1 is 1.00 bits per heavy atom. The van der Waals surface area contributed by atoms with Crippen molar-refractivity contribution in [1.82, 2.24) is 0 Å². The summed E-state index contributed by atoms with van der Waals surface area (Å²) in [5, 5.41) is 0. The summed E-state index contributed by atoms with van der Waals surface area (Å²) in [7, 11) is 0. The van der Waals surface area contributed by atoms with Crippen LogP contribution < -0.4 is 0 Å². The molecule has 0 bridgehead atoms. The third-order valence-corrected chi connectivity index (χ3v) is 0.